The first-order valence-corrected chi connectivity index (χ1v) is 8.99. The number of aromatic amines is 1. The average Bonchev–Trinajstić information content (AvgIpc) is 2.70. The van der Waals surface area contributed by atoms with E-state index in [2.05, 4.69) is 9.97 Å². The Hall–Kier alpha value is -3.15. The van der Waals surface area contributed by atoms with Crippen molar-refractivity contribution in [3.05, 3.63) is 70.3 Å². The molecule has 0 saturated heterocycles. The van der Waals surface area contributed by atoms with Crippen molar-refractivity contribution >= 4 is 16.8 Å². The van der Waals surface area contributed by atoms with Crippen LogP contribution in [0.25, 0.3) is 10.9 Å². The third-order valence-electron chi connectivity index (χ3n) is 4.52. The van der Waals surface area contributed by atoms with Crippen LogP contribution in [-0.2, 0) is 17.8 Å². The number of aromatic nitrogens is 2. The predicted molar refractivity (Wildman–Crippen MR) is 105 cm³/mol. The lowest BCUT2D eigenvalue weighted by molar-refractivity contribution is -0.131. The van der Waals surface area contributed by atoms with Crippen molar-refractivity contribution in [2.45, 2.75) is 26.3 Å². The molecule has 0 aliphatic carbocycles. The van der Waals surface area contributed by atoms with Crippen LogP contribution in [-0.4, -0.2) is 34.4 Å². The summed E-state index contributed by atoms with van der Waals surface area (Å²) in [5, 5.41) is 0.551. The van der Waals surface area contributed by atoms with Crippen molar-refractivity contribution in [2.24, 2.45) is 0 Å². The fraction of sp³-hybridized carbons (Fsp3) is 0.286. The minimum atomic E-state index is -0.183. The number of hydrogen-bond acceptors (Lipinski definition) is 4. The third-order valence-corrected chi connectivity index (χ3v) is 4.52. The van der Waals surface area contributed by atoms with Gasteiger partial charge in [-0.25, -0.2) is 4.98 Å². The highest BCUT2D eigenvalue weighted by atomic mass is 16.5. The molecule has 6 heteroatoms. The van der Waals surface area contributed by atoms with Crippen molar-refractivity contribution < 1.29 is 9.53 Å². The van der Waals surface area contributed by atoms with Crippen molar-refractivity contribution in [1.82, 2.24) is 14.9 Å². The van der Waals surface area contributed by atoms with E-state index in [0.717, 1.165) is 11.3 Å². The molecule has 0 unspecified atom stereocenters. The number of carbonyl (C=O) groups excluding carboxylic acids is 1. The number of fused-ring (bicyclic) bond motifs is 1. The molecule has 140 valence electrons. The molecule has 0 bridgehead atoms. The smallest absolute Gasteiger partial charge is 0.258 e. The zero-order chi connectivity index (χ0) is 19.2. The maximum atomic E-state index is 12.6. The molecule has 1 aromatic heterocycles. The van der Waals surface area contributed by atoms with E-state index in [1.807, 2.05) is 37.3 Å². The van der Waals surface area contributed by atoms with Crippen molar-refractivity contribution in [1.29, 1.82) is 0 Å². The minimum Gasteiger partial charge on any atom is -0.497 e. The van der Waals surface area contributed by atoms with Crippen molar-refractivity contribution in [3.8, 4) is 5.75 Å². The summed E-state index contributed by atoms with van der Waals surface area (Å²) in [6.45, 7) is 2.76. The van der Waals surface area contributed by atoms with Gasteiger partial charge in [-0.1, -0.05) is 24.3 Å². The lowest BCUT2D eigenvalue weighted by atomic mass is 10.1. The second kappa shape index (κ2) is 8.49. The Balaban J connectivity index is 1.67. The first-order valence-electron chi connectivity index (χ1n) is 8.99. The molecule has 0 atom stereocenters. The zero-order valence-electron chi connectivity index (χ0n) is 15.6. The van der Waals surface area contributed by atoms with E-state index in [1.165, 1.54) is 0 Å². The zero-order valence-corrected chi connectivity index (χ0v) is 15.6. The highest BCUT2D eigenvalue weighted by Crippen LogP contribution is 2.14. The monoisotopic (exact) mass is 365 g/mol. The number of para-hydroxylation sites is 1. The first-order chi connectivity index (χ1) is 13.1. The lowest BCUT2D eigenvalue weighted by Crippen LogP contribution is -2.32. The average molecular weight is 365 g/mol. The Kier molecular flexibility index (Phi) is 5.86. The summed E-state index contributed by atoms with van der Waals surface area (Å²) < 4.78 is 5.15. The van der Waals surface area contributed by atoms with Gasteiger partial charge in [0.1, 0.15) is 11.6 Å². The van der Waals surface area contributed by atoms with E-state index in [1.54, 1.807) is 30.2 Å². The Morgan fingerprint density at radius 1 is 1.15 bits per heavy atom. The van der Waals surface area contributed by atoms with E-state index in [0.29, 0.717) is 36.1 Å². The van der Waals surface area contributed by atoms with Gasteiger partial charge in [0.05, 0.1) is 24.6 Å². The van der Waals surface area contributed by atoms with Gasteiger partial charge in [0, 0.05) is 13.0 Å². The van der Waals surface area contributed by atoms with Gasteiger partial charge in [-0.3, -0.25) is 9.59 Å². The van der Waals surface area contributed by atoms with Gasteiger partial charge in [-0.05, 0) is 43.2 Å². The molecular formula is C21H23N3O3. The molecule has 0 radical (unpaired) electrons. The number of carbonyl (C=O) groups is 1. The molecule has 0 spiro atoms. The number of rotatable bonds is 7. The number of nitrogens with zero attached hydrogens (tertiary/aromatic N) is 2. The van der Waals surface area contributed by atoms with Gasteiger partial charge in [0.25, 0.3) is 5.56 Å². The summed E-state index contributed by atoms with van der Waals surface area (Å²) in [5.41, 5.74) is 1.53. The van der Waals surface area contributed by atoms with Gasteiger partial charge >= 0.3 is 0 Å². The van der Waals surface area contributed by atoms with E-state index in [-0.39, 0.29) is 18.0 Å². The Morgan fingerprint density at radius 2 is 1.89 bits per heavy atom. The fourth-order valence-electron chi connectivity index (χ4n) is 2.97. The van der Waals surface area contributed by atoms with Crippen molar-refractivity contribution in [2.75, 3.05) is 13.7 Å². The molecule has 0 aliphatic rings. The van der Waals surface area contributed by atoms with Crippen LogP contribution in [0.4, 0.5) is 0 Å². The molecule has 1 heterocycles. The van der Waals surface area contributed by atoms with Crippen LogP contribution in [0.5, 0.6) is 5.75 Å². The van der Waals surface area contributed by atoms with Crippen LogP contribution in [0, 0.1) is 0 Å². The molecule has 1 amide bonds. The second-order valence-electron chi connectivity index (χ2n) is 6.29. The number of aryl methyl sites for hydroxylation is 1. The number of methoxy groups -OCH3 is 1. The number of benzene rings is 2. The molecule has 3 rings (SSSR count). The van der Waals surface area contributed by atoms with Crippen LogP contribution < -0.4 is 10.3 Å². The lowest BCUT2D eigenvalue weighted by Gasteiger charge is -2.20. The first kappa shape index (κ1) is 18.6. The summed E-state index contributed by atoms with van der Waals surface area (Å²) in [5.74, 6) is 1.33. The second-order valence-corrected chi connectivity index (χ2v) is 6.29. The summed E-state index contributed by atoms with van der Waals surface area (Å²) in [6, 6.07) is 14.9. The highest BCUT2D eigenvalue weighted by molar-refractivity contribution is 5.78. The summed E-state index contributed by atoms with van der Waals surface area (Å²) >= 11 is 0. The number of ether oxygens (including phenoxy) is 1. The number of H-pyrrole nitrogens is 1. The quantitative estimate of drug-likeness (QED) is 0.698. The van der Waals surface area contributed by atoms with E-state index in [4.69, 9.17) is 4.74 Å². The van der Waals surface area contributed by atoms with Crippen molar-refractivity contribution in [3.63, 3.8) is 0 Å². The molecule has 0 aliphatic heterocycles. The van der Waals surface area contributed by atoms with Crippen LogP contribution in [0.1, 0.15) is 24.7 Å². The Labute approximate surface area is 157 Å². The van der Waals surface area contributed by atoms with Crippen LogP contribution in [0.2, 0.25) is 0 Å². The third kappa shape index (κ3) is 4.53. The predicted octanol–water partition coefficient (Wildman–Crippen LogP) is 2.91. The van der Waals surface area contributed by atoms with Gasteiger partial charge in [-0.15, -0.1) is 0 Å². The summed E-state index contributed by atoms with van der Waals surface area (Å²) in [4.78, 5) is 33.8. The minimum absolute atomic E-state index is 0.0316. The molecule has 27 heavy (non-hydrogen) atoms. The molecule has 0 saturated carbocycles. The van der Waals surface area contributed by atoms with Gasteiger partial charge in [0.2, 0.25) is 5.91 Å². The van der Waals surface area contributed by atoms with Gasteiger partial charge < -0.3 is 14.6 Å². The number of amides is 1. The molecule has 1 N–H and O–H groups in total. The van der Waals surface area contributed by atoms with Crippen LogP contribution in [0.3, 0.4) is 0 Å². The Bertz CT molecular complexity index is 980. The van der Waals surface area contributed by atoms with Gasteiger partial charge in [0.15, 0.2) is 0 Å². The number of hydrogen-bond donors (Lipinski definition) is 1. The molecule has 0 fully saturated rings. The Morgan fingerprint density at radius 3 is 2.59 bits per heavy atom. The normalized spacial score (nSPS) is 10.7. The van der Waals surface area contributed by atoms with Crippen LogP contribution in [0.15, 0.2) is 53.3 Å². The van der Waals surface area contributed by atoms with E-state index in [9.17, 15) is 9.59 Å². The fourth-order valence-corrected chi connectivity index (χ4v) is 2.97. The maximum absolute atomic E-state index is 12.6. The maximum Gasteiger partial charge on any atom is 0.258 e. The summed E-state index contributed by atoms with van der Waals surface area (Å²) in [7, 11) is 1.63. The number of nitrogens with one attached hydrogen (secondary N) is 1. The highest BCUT2D eigenvalue weighted by Gasteiger charge is 2.14. The van der Waals surface area contributed by atoms with Crippen LogP contribution >= 0.6 is 0 Å². The molecular weight excluding hydrogens is 342 g/mol. The largest absolute Gasteiger partial charge is 0.497 e. The SMILES string of the molecule is CCN(Cc1nc2ccccc2c(=O)[nH]1)C(=O)CCc1ccc(OC)cc1. The molecule has 2 aromatic carbocycles. The molecule has 6 nitrogen and oxygen atoms in total. The topological polar surface area (TPSA) is 75.3 Å². The van der Waals surface area contributed by atoms with E-state index >= 15 is 0 Å². The van der Waals surface area contributed by atoms with E-state index < -0.39 is 0 Å². The summed E-state index contributed by atoms with van der Waals surface area (Å²) in [6.07, 6.45) is 1.05. The van der Waals surface area contributed by atoms with Gasteiger partial charge in [-0.2, -0.15) is 0 Å². The standard InChI is InChI=1S/C21H23N3O3/c1-3-24(20(25)13-10-15-8-11-16(27-2)12-9-15)14-19-22-18-7-5-4-6-17(18)21(26)23-19/h4-9,11-12H,3,10,13-14H2,1-2H3,(H,22,23,26). The molecule has 3 aromatic rings.